The number of halogens is 1. The maximum Gasteiger partial charge on any atom is 0.231 e. The molecule has 20 heavy (non-hydrogen) atoms. The van der Waals surface area contributed by atoms with E-state index in [-0.39, 0.29) is 11.4 Å². The molecule has 6 nitrogen and oxygen atoms in total. The normalized spacial score (nSPS) is 21.4. The van der Waals surface area contributed by atoms with Gasteiger partial charge < -0.3 is 14.9 Å². The molecule has 1 aromatic rings. The lowest BCUT2D eigenvalue weighted by molar-refractivity contribution is 0.0463. The number of hydrogen-bond acceptors (Lipinski definition) is 6. The van der Waals surface area contributed by atoms with Crippen LogP contribution in [-0.2, 0) is 0 Å². The second kappa shape index (κ2) is 6.54. The van der Waals surface area contributed by atoms with Gasteiger partial charge in [-0.05, 0) is 44.2 Å². The Morgan fingerprint density at radius 3 is 2.30 bits per heavy atom. The Labute approximate surface area is 124 Å². The van der Waals surface area contributed by atoms with E-state index in [4.69, 9.17) is 11.6 Å². The van der Waals surface area contributed by atoms with Gasteiger partial charge in [0.15, 0.2) is 0 Å². The highest BCUT2D eigenvalue weighted by Gasteiger charge is 2.28. The van der Waals surface area contributed by atoms with E-state index < -0.39 is 0 Å². The average Bonchev–Trinajstić information content (AvgIpc) is 2.37. The third-order valence-electron chi connectivity index (χ3n) is 3.72. The molecule has 0 saturated heterocycles. The van der Waals surface area contributed by atoms with Crippen LogP contribution in [-0.4, -0.2) is 52.8 Å². The van der Waals surface area contributed by atoms with Crippen molar-refractivity contribution >= 4 is 23.5 Å². The molecule has 0 unspecified atom stereocenters. The third kappa shape index (κ3) is 3.49. The van der Waals surface area contributed by atoms with Crippen LogP contribution >= 0.6 is 11.6 Å². The summed E-state index contributed by atoms with van der Waals surface area (Å²) in [6.07, 6.45) is 1.57. The molecule has 2 rings (SSSR count). The van der Waals surface area contributed by atoms with Crippen LogP contribution < -0.4 is 9.80 Å². The van der Waals surface area contributed by atoms with Crippen LogP contribution in [0.2, 0.25) is 5.28 Å². The van der Waals surface area contributed by atoms with Gasteiger partial charge in [-0.3, -0.25) is 0 Å². The predicted molar refractivity (Wildman–Crippen MR) is 80.4 cm³/mol. The molecule has 1 fully saturated rings. The molecule has 1 aromatic heterocycles. The Bertz CT molecular complexity index is 448. The Morgan fingerprint density at radius 2 is 1.75 bits per heavy atom. The molecular formula is C13H22ClN5O. The van der Waals surface area contributed by atoms with Crippen molar-refractivity contribution in [2.45, 2.75) is 32.8 Å². The van der Waals surface area contributed by atoms with Crippen molar-refractivity contribution < 1.29 is 5.11 Å². The van der Waals surface area contributed by atoms with Gasteiger partial charge in [-0.15, -0.1) is 0 Å². The Hall–Kier alpha value is -1.14. The van der Waals surface area contributed by atoms with Crippen molar-refractivity contribution in [3.63, 3.8) is 0 Å². The molecule has 0 amide bonds. The molecule has 0 aromatic carbocycles. The first kappa shape index (κ1) is 15.3. The molecule has 7 heteroatoms. The van der Waals surface area contributed by atoms with Crippen LogP contribution in [0.1, 0.15) is 26.7 Å². The second-order valence-corrected chi connectivity index (χ2v) is 5.59. The largest absolute Gasteiger partial charge is 0.393 e. The number of aromatic nitrogens is 3. The van der Waals surface area contributed by atoms with E-state index >= 15 is 0 Å². The highest BCUT2D eigenvalue weighted by atomic mass is 35.5. The summed E-state index contributed by atoms with van der Waals surface area (Å²) in [4.78, 5) is 16.9. The molecule has 0 radical (unpaired) electrons. The summed E-state index contributed by atoms with van der Waals surface area (Å²) in [5.74, 6) is 1.71. The van der Waals surface area contributed by atoms with Gasteiger partial charge in [0.1, 0.15) is 0 Å². The van der Waals surface area contributed by atoms with E-state index in [2.05, 4.69) is 28.8 Å². The number of nitrogens with zero attached hydrogens (tertiary/aromatic N) is 5. The van der Waals surface area contributed by atoms with Gasteiger partial charge in [-0.25, -0.2) is 0 Å². The Balaban J connectivity index is 2.10. The van der Waals surface area contributed by atoms with Crippen LogP contribution in [0.5, 0.6) is 0 Å². The van der Waals surface area contributed by atoms with E-state index in [1.54, 1.807) is 0 Å². The van der Waals surface area contributed by atoms with Crippen LogP contribution in [0.25, 0.3) is 0 Å². The van der Waals surface area contributed by atoms with E-state index in [9.17, 15) is 5.11 Å². The molecule has 112 valence electrons. The summed E-state index contributed by atoms with van der Waals surface area (Å²) in [6, 6.07) is 0. The number of rotatable bonds is 6. The van der Waals surface area contributed by atoms with E-state index in [0.717, 1.165) is 32.5 Å². The van der Waals surface area contributed by atoms with Crippen molar-refractivity contribution in [2.24, 2.45) is 5.92 Å². The molecular weight excluding hydrogens is 278 g/mol. The zero-order valence-electron chi connectivity index (χ0n) is 12.3. The van der Waals surface area contributed by atoms with Crippen LogP contribution in [0, 0.1) is 5.92 Å². The van der Waals surface area contributed by atoms with E-state index in [1.165, 1.54) is 0 Å². The van der Waals surface area contributed by atoms with Crippen molar-refractivity contribution in [1.29, 1.82) is 0 Å². The van der Waals surface area contributed by atoms with E-state index in [1.807, 2.05) is 16.8 Å². The molecule has 1 heterocycles. The quantitative estimate of drug-likeness (QED) is 0.860. The number of aliphatic hydroxyl groups excluding tert-OH is 1. The lowest BCUT2D eigenvalue weighted by Crippen LogP contribution is -2.38. The molecule has 1 saturated carbocycles. The van der Waals surface area contributed by atoms with Gasteiger partial charge in [-0.1, -0.05) is 0 Å². The Morgan fingerprint density at radius 1 is 1.15 bits per heavy atom. The fourth-order valence-corrected chi connectivity index (χ4v) is 2.62. The van der Waals surface area contributed by atoms with Crippen molar-refractivity contribution in [3.8, 4) is 0 Å². The number of hydrogen-bond donors (Lipinski definition) is 1. The minimum absolute atomic E-state index is 0.137. The van der Waals surface area contributed by atoms with Gasteiger partial charge >= 0.3 is 0 Å². The minimum Gasteiger partial charge on any atom is -0.393 e. The van der Waals surface area contributed by atoms with Crippen molar-refractivity contribution in [3.05, 3.63) is 5.28 Å². The first-order valence-electron chi connectivity index (χ1n) is 7.09. The van der Waals surface area contributed by atoms with Crippen LogP contribution in [0.3, 0.4) is 0 Å². The van der Waals surface area contributed by atoms with Gasteiger partial charge in [0, 0.05) is 26.7 Å². The number of anilines is 2. The summed E-state index contributed by atoms with van der Waals surface area (Å²) in [5, 5.41) is 9.56. The summed E-state index contributed by atoms with van der Waals surface area (Å²) in [6.45, 7) is 6.60. The lowest BCUT2D eigenvalue weighted by Gasteiger charge is -2.34. The zero-order valence-corrected chi connectivity index (χ0v) is 13.0. The SMILES string of the molecule is CCN(CC)c1nc(Cl)nc(N(C)CC2CC(O)C2)n1. The second-order valence-electron chi connectivity index (χ2n) is 5.25. The fraction of sp³-hybridized carbons (Fsp3) is 0.769. The average molecular weight is 300 g/mol. The van der Waals surface area contributed by atoms with Crippen molar-refractivity contribution in [2.75, 3.05) is 36.5 Å². The molecule has 0 spiro atoms. The van der Waals surface area contributed by atoms with Gasteiger partial charge in [-0.2, -0.15) is 15.0 Å². The molecule has 1 aliphatic rings. The van der Waals surface area contributed by atoms with E-state index in [0.29, 0.717) is 17.8 Å². The van der Waals surface area contributed by atoms with Crippen molar-refractivity contribution in [1.82, 2.24) is 15.0 Å². The topological polar surface area (TPSA) is 65.4 Å². The van der Waals surface area contributed by atoms with Gasteiger partial charge in [0.05, 0.1) is 6.10 Å². The third-order valence-corrected chi connectivity index (χ3v) is 3.88. The molecule has 0 aliphatic heterocycles. The predicted octanol–water partition coefficient (Wildman–Crippen LogP) is 1.58. The first-order valence-corrected chi connectivity index (χ1v) is 7.47. The molecule has 1 N–H and O–H groups in total. The molecule has 0 bridgehead atoms. The summed E-state index contributed by atoms with van der Waals surface area (Å²) in [7, 11) is 1.95. The van der Waals surface area contributed by atoms with Crippen LogP contribution in [0.15, 0.2) is 0 Å². The smallest absolute Gasteiger partial charge is 0.231 e. The number of aliphatic hydroxyl groups is 1. The van der Waals surface area contributed by atoms with Gasteiger partial charge in [0.2, 0.25) is 17.2 Å². The monoisotopic (exact) mass is 299 g/mol. The highest BCUT2D eigenvalue weighted by Crippen LogP contribution is 2.28. The summed E-state index contributed by atoms with van der Waals surface area (Å²) < 4.78 is 0. The zero-order chi connectivity index (χ0) is 14.7. The molecule has 1 aliphatic carbocycles. The fourth-order valence-electron chi connectivity index (χ4n) is 2.47. The molecule has 0 atom stereocenters. The first-order chi connectivity index (χ1) is 9.53. The van der Waals surface area contributed by atoms with Crippen LogP contribution in [0.4, 0.5) is 11.9 Å². The maximum atomic E-state index is 9.34. The summed E-state index contributed by atoms with van der Waals surface area (Å²) >= 11 is 6.00. The summed E-state index contributed by atoms with van der Waals surface area (Å²) in [5.41, 5.74) is 0. The minimum atomic E-state index is -0.137. The standard InChI is InChI=1S/C13H22ClN5O/c1-4-19(5-2)13-16-11(14)15-12(17-13)18(3)8-9-6-10(20)7-9/h9-10,20H,4-8H2,1-3H3. The highest BCUT2D eigenvalue weighted by molar-refractivity contribution is 6.28. The maximum absolute atomic E-state index is 9.34. The Kier molecular flexibility index (Phi) is 4.99. The van der Waals surface area contributed by atoms with Gasteiger partial charge in [0.25, 0.3) is 0 Å². The lowest BCUT2D eigenvalue weighted by atomic mass is 9.82.